The third-order valence-corrected chi connectivity index (χ3v) is 6.80. The molecule has 0 saturated heterocycles. The Morgan fingerprint density at radius 1 is 0.633 bits per heavy atom. The van der Waals surface area contributed by atoms with E-state index < -0.39 is 0 Å². The molecule has 2 radical (unpaired) electrons. The van der Waals surface area contributed by atoms with Gasteiger partial charge in [0.25, 0.3) is 0 Å². The number of nitrogens with zero attached hydrogens (tertiary/aromatic N) is 1. The Morgan fingerprint density at radius 3 is 2.07 bits per heavy atom. The average molecular weight is 402 g/mol. The molecule has 1 aromatic heterocycles. The molecule has 0 amide bonds. The van der Waals surface area contributed by atoms with E-state index in [0.29, 0.717) is 9.52 Å². The van der Waals surface area contributed by atoms with Crippen LogP contribution in [-0.2, 0) is 6.54 Å². The summed E-state index contributed by atoms with van der Waals surface area (Å²) in [6, 6.07) is 35.0. The maximum atomic E-state index is 2.39. The van der Waals surface area contributed by atoms with Crippen LogP contribution in [0.3, 0.4) is 0 Å². The van der Waals surface area contributed by atoms with Gasteiger partial charge < -0.3 is 4.57 Å². The van der Waals surface area contributed by atoms with Crippen molar-refractivity contribution in [3.63, 3.8) is 0 Å². The van der Waals surface area contributed by atoms with Crippen molar-refractivity contribution >= 4 is 53.9 Å². The van der Waals surface area contributed by atoms with Crippen molar-refractivity contribution in [2.24, 2.45) is 0 Å². The highest BCUT2D eigenvalue weighted by Crippen LogP contribution is 2.30. The van der Waals surface area contributed by atoms with Gasteiger partial charge in [0, 0.05) is 28.4 Å². The largest absolute Gasteiger partial charge is 0.341 e. The Morgan fingerprint density at radius 2 is 1.27 bits per heavy atom. The molecular weight excluding hydrogens is 378 g/mol. The van der Waals surface area contributed by atoms with E-state index >= 15 is 0 Å². The standard InChI is InChI=1S/C28H23NSi/c1-2-29-27-11-7-6-10-25(27)26-20-22(16-19-28(26)29)13-12-21-14-17-24(18-15-21)30-23-8-4-3-5-9-23/h3-20H,2H2,1H3/b13-12+. The topological polar surface area (TPSA) is 4.93 Å². The molecule has 5 aromatic rings. The van der Waals surface area contributed by atoms with E-state index in [4.69, 9.17) is 0 Å². The molecular formula is C28H23NSi. The van der Waals surface area contributed by atoms with E-state index in [9.17, 15) is 0 Å². The van der Waals surface area contributed by atoms with Gasteiger partial charge in [-0.15, -0.1) is 0 Å². The second-order valence-electron chi connectivity index (χ2n) is 7.48. The summed E-state index contributed by atoms with van der Waals surface area (Å²) in [6.45, 7) is 3.19. The first-order valence-corrected chi connectivity index (χ1v) is 11.4. The fourth-order valence-corrected chi connectivity index (χ4v) is 5.10. The monoisotopic (exact) mass is 401 g/mol. The van der Waals surface area contributed by atoms with Crippen LogP contribution in [0.15, 0.2) is 97.1 Å². The van der Waals surface area contributed by atoms with Crippen molar-refractivity contribution in [3.05, 3.63) is 108 Å². The molecule has 1 nitrogen and oxygen atoms in total. The van der Waals surface area contributed by atoms with Crippen molar-refractivity contribution < 1.29 is 0 Å². The Labute approximate surface area is 180 Å². The first-order valence-electron chi connectivity index (χ1n) is 10.4. The van der Waals surface area contributed by atoms with Crippen molar-refractivity contribution in [2.45, 2.75) is 13.5 Å². The van der Waals surface area contributed by atoms with Gasteiger partial charge in [-0.05, 0) is 36.2 Å². The van der Waals surface area contributed by atoms with Gasteiger partial charge >= 0.3 is 0 Å². The first-order chi connectivity index (χ1) is 14.8. The molecule has 0 aliphatic carbocycles. The molecule has 4 aromatic carbocycles. The van der Waals surface area contributed by atoms with E-state index in [-0.39, 0.29) is 0 Å². The minimum atomic E-state index is 0.703. The van der Waals surface area contributed by atoms with Crippen LogP contribution in [-0.4, -0.2) is 14.1 Å². The van der Waals surface area contributed by atoms with Gasteiger partial charge in [0.15, 0.2) is 0 Å². The predicted octanol–water partition coefficient (Wildman–Crippen LogP) is 5.64. The highest BCUT2D eigenvalue weighted by Gasteiger charge is 2.08. The van der Waals surface area contributed by atoms with Crippen LogP contribution < -0.4 is 10.4 Å². The zero-order valence-corrected chi connectivity index (χ0v) is 18.0. The number of para-hydroxylation sites is 1. The summed E-state index contributed by atoms with van der Waals surface area (Å²) >= 11 is 0. The average Bonchev–Trinajstić information content (AvgIpc) is 3.12. The molecule has 0 bridgehead atoms. The van der Waals surface area contributed by atoms with Gasteiger partial charge in [0.2, 0.25) is 0 Å². The minimum Gasteiger partial charge on any atom is -0.341 e. The molecule has 0 unspecified atom stereocenters. The summed E-state index contributed by atoms with van der Waals surface area (Å²) in [5.74, 6) is 0. The molecule has 0 N–H and O–H groups in total. The molecule has 30 heavy (non-hydrogen) atoms. The lowest BCUT2D eigenvalue weighted by Gasteiger charge is -2.03. The van der Waals surface area contributed by atoms with Crippen molar-refractivity contribution in [3.8, 4) is 0 Å². The second-order valence-corrected chi connectivity index (χ2v) is 8.89. The fraction of sp³-hybridized carbons (Fsp3) is 0.0714. The van der Waals surface area contributed by atoms with Crippen molar-refractivity contribution in [1.29, 1.82) is 0 Å². The van der Waals surface area contributed by atoms with Crippen LogP contribution in [0.1, 0.15) is 18.1 Å². The molecule has 1 heterocycles. The lowest BCUT2D eigenvalue weighted by atomic mass is 10.1. The molecule has 0 aliphatic heterocycles. The van der Waals surface area contributed by atoms with Crippen LogP contribution in [0.2, 0.25) is 0 Å². The summed E-state index contributed by atoms with van der Waals surface area (Å²) < 4.78 is 2.39. The maximum absolute atomic E-state index is 2.39. The number of hydrogen-bond acceptors (Lipinski definition) is 0. The Balaban J connectivity index is 1.40. The summed E-state index contributed by atoms with van der Waals surface area (Å²) in [7, 11) is 0.703. The minimum absolute atomic E-state index is 0.703. The molecule has 0 atom stereocenters. The van der Waals surface area contributed by atoms with Gasteiger partial charge in [-0.25, -0.2) is 0 Å². The molecule has 0 aliphatic rings. The number of hydrogen-bond donors (Lipinski definition) is 0. The van der Waals surface area contributed by atoms with E-state index in [2.05, 4.69) is 121 Å². The highest BCUT2D eigenvalue weighted by molar-refractivity contribution is 6.67. The predicted molar refractivity (Wildman–Crippen MR) is 132 cm³/mol. The number of aromatic nitrogens is 1. The zero-order chi connectivity index (χ0) is 20.3. The van der Waals surface area contributed by atoms with E-state index in [0.717, 1.165) is 6.54 Å². The summed E-state index contributed by atoms with van der Waals surface area (Å²) in [5, 5.41) is 5.40. The SMILES string of the molecule is CCn1c2ccccc2c2cc(/C=C/c3ccc([Si]c4ccccc4)cc3)ccc21. The van der Waals surface area contributed by atoms with Gasteiger partial charge in [-0.2, -0.15) is 0 Å². The van der Waals surface area contributed by atoms with Gasteiger partial charge in [0.05, 0.1) is 0 Å². The maximum Gasteiger partial charge on any atom is 0.121 e. The Kier molecular flexibility index (Phi) is 5.08. The third kappa shape index (κ3) is 3.62. The van der Waals surface area contributed by atoms with Crippen LogP contribution >= 0.6 is 0 Å². The van der Waals surface area contributed by atoms with Gasteiger partial charge in [-0.1, -0.05) is 101 Å². The molecule has 2 heteroatoms. The molecule has 0 spiro atoms. The van der Waals surface area contributed by atoms with E-state index in [1.807, 2.05) is 0 Å². The fourth-order valence-electron chi connectivity index (χ4n) is 4.07. The molecule has 0 saturated carbocycles. The first kappa shape index (κ1) is 18.7. The molecule has 144 valence electrons. The molecule has 5 rings (SSSR count). The smallest absolute Gasteiger partial charge is 0.121 e. The summed E-state index contributed by atoms with van der Waals surface area (Å²) in [4.78, 5) is 0. The number of rotatable bonds is 5. The number of fused-ring (bicyclic) bond motifs is 3. The van der Waals surface area contributed by atoms with E-state index in [1.165, 1.54) is 43.3 Å². The number of aryl methyl sites for hydroxylation is 1. The van der Waals surface area contributed by atoms with Crippen molar-refractivity contribution in [2.75, 3.05) is 0 Å². The normalized spacial score (nSPS) is 11.6. The third-order valence-electron chi connectivity index (χ3n) is 5.55. The number of benzene rings is 4. The van der Waals surface area contributed by atoms with Crippen molar-refractivity contribution in [1.82, 2.24) is 4.57 Å². The molecule has 0 fully saturated rings. The highest BCUT2D eigenvalue weighted by atomic mass is 28.2. The van der Waals surface area contributed by atoms with Crippen LogP contribution in [0, 0.1) is 0 Å². The lowest BCUT2D eigenvalue weighted by molar-refractivity contribution is 0.827. The Bertz CT molecular complexity index is 1330. The van der Waals surface area contributed by atoms with Gasteiger partial charge in [0.1, 0.15) is 9.52 Å². The van der Waals surface area contributed by atoms with Crippen LogP contribution in [0.25, 0.3) is 34.0 Å². The van der Waals surface area contributed by atoms with Crippen LogP contribution in [0.4, 0.5) is 0 Å². The lowest BCUT2D eigenvalue weighted by Crippen LogP contribution is -2.26. The van der Waals surface area contributed by atoms with Crippen LogP contribution in [0.5, 0.6) is 0 Å². The Hall–Kier alpha value is -3.36. The summed E-state index contributed by atoms with van der Waals surface area (Å²) in [6.07, 6.45) is 4.42. The summed E-state index contributed by atoms with van der Waals surface area (Å²) in [5.41, 5.74) is 5.08. The zero-order valence-electron chi connectivity index (χ0n) is 17.0. The van der Waals surface area contributed by atoms with E-state index in [1.54, 1.807) is 0 Å². The quantitative estimate of drug-likeness (QED) is 0.265. The second kappa shape index (κ2) is 8.17. The van der Waals surface area contributed by atoms with Gasteiger partial charge in [-0.3, -0.25) is 0 Å².